The molecule has 0 radical (unpaired) electrons. The van der Waals surface area contributed by atoms with Crippen LogP contribution in [0.15, 0.2) is 90.2 Å². The van der Waals surface area contributed by atoms with Gasteiger partial charge >= 0.3 is 0 Å². The lowest BCUT2D eigenvalue weighted by molar-refractivity contribution is -0.117. The number of fused-ring (bicyclic) bond motifs is 2. The van der Waals surface area contributed by atoms with Crippen LogP contribution in [0.3, 0.4) is 0 Å². The van der Waals surface area contributed by atoms with Crippen molar-refractivity contribution in [1.29, 1.82) is 0 Å². The normalized spacial score (nSPS) is 16.4. The van der Waals surface area contributed by atoms with Gasteiger partial charge in [-0.2, -0.15) is 9.49 Å². The van der Waals surface area contributed by atoms with E-state index < -0.39 is 23.9 Å². The second-order valence-corrected chi connectivity index (χ2v) is 9.82. The monoisotopic (exact) mass is 546 g/mol. The number of carbonyl (C=O) groups excluding carboxylic acids is 2. The van der Waals surface area contributed by atoms with Gasteiger partial charge in [-0.05, 0) is 37.1 Å². The third-order valence-electron chi connectivity index (χ3n) is 6.92. The molecule has 1 unspecified atom stereocenters. The Kier molecular flexibility index (Phi) is 5.96. The van der Waals surface area contributed by atoms with Crippen molar-refractivity contribution in [2.75, 3.05) is 10.6 Å². The number of aromatic nitrogens is 4. The fourth-order valence-corrected chi connectivity index (χ4v) is 4.79. The first kappa shape index (κ1) is 24.6. The molecule has 1 aliphatic heterocycles. The number of hydrogen-bond acceptors (Lipinski definition) is 7. The van der Waals surface area contributed by atoms with E-state index in [-0.39, 0.29) is 22.5 Å². The second kappa shape index (κ2) is 9.94. The summed E-state index contributed by atoms with van der Waals surface area (Å²) in [5.41, 5.74) is 2.89. The molecule has 3 N–H and O–H groups in total. The van der Waals surface area contributed by atoms with Crippen LogP contribution < -0.4 is 16.0 Å². The highest BCUT2D eigenvalue weighted by Gasteiger charge is 2.31. The van der Waals surface area contributed by atoms with Crippen molar-refractivity contribution in [2.45, 2.75) is 25.0 Å². The number of benzene rings is 2. The molecule has 41 heavy (non-hydrogen) atoms. The van der Waals surface area contributed by atoms with Crippen LogP contribution in [0.1, 0.15) is 34.3 Å². The Balaban J connectivity index is 1.29. The van der Waals surface area contributed by atoms with Gasteiger partial charge in [0.1, 0.15) is 17.1 Å². The first-order valence-corrected chi connectivity index (χ1v) is 13.2. The average molecular weight is 547 g/mol. The SMILES string of the molecule is O=C(NC1N=C(c2ccccc2)c2ccccc2NC1=O)c1c(-c2ccc(NC3CC3)nc2F)nn2cccnc12. The van der Waals surface area contributed by atoms with Gasteiger partial charge in [0.25, 0.3) is 11.8 Å². The number of carbonyl (C=O) groups is 2. The minimum atomic E-state index is -1.29. The molecule has 1 atom stereocenters. The number of aliphatic imine (C=N–C) groups is 1. The molecule has 7 rings (SSSR count). The predicted molar refractivity (Wildman–Crippen MR) is 151 cm³/mol. The molecule has 1 aliphatic carbocycles. The number of para-hydroxylation sites is 1. The smallest absolute Gasteiger partial charge is 0.269 e. The highest BCUT2D eigenvalue weighted by molar-refractivity contribution is 6.20. The van der Waals surface area contributed by atoms with Gasteiger partial charge in [-0.3, -0.25) is 9.59 Å². The Hall–Kier alpha value is -5.45. The number of nitrogens with zero attached hydrogens (tertiary/aromatic N) is 5. The Morgan fingerprint density at radius 2 is 1.78 bits per heavy atom. The minimum absolute atomic E-state index is 0.000208. The van der Waals surface area contributed by atoms with Gasteiger partial charge < -0.3 is 16.0 Å². The maximum Gasteiger partial charge on any atom is 0.269 e. The van der Waals surface area contributed by atoms with Gasteiger partial charge in [0.2, 0.25) is 12.1 Å². The molecule has 2 amide bonds. The zero-order valence-electron chi connectivity index (χ0n) is 21.6. The van der Waals surface area contributed by atoms with E-state index in [0.29, 0.717) is 23.3 Å². The summed E-state index contributed by atoms with van der Waals surface area (Å²) in [6, 6.07) is 21.8. The lowest BCUT2D eigenvalue weighted by Gasteiger charge is -2.14. The maximum absolute atomic E-state index is 15.3. The van der Waals surface area contributed by atoms with Crippen molar-refractivity contribution in [3.05, 3.63) is 108 Å². The van der Waals surface area contributed by atoms with Crippen molar-refractivity contribution in [3.8, 4) is 11.3 Å². The second-order valence-electron chi connectivity index (χ2n) is 9.82. The summed E-state index contributed by atoms with van der Waals surface area (Å²) in [5.74, 6) is -1.57. The molecule has 5 aromatic rings. The van der Waals surface area contributed by atoms with Gasteiger partial charge in [0.05, 0.1) is 17.0 Å². The molecule has 4 heterocycles. The zero-order chi connectivity index (χ0) is 27.9. The highest BCUT2D eigenvalue weighted by Crippen LogP contribution is 2.30. The molecule has 202 valence electrons. The highest BCUT2D eigenvalue weighted by atomic mass is 19.1. The molecule has 1 fully saturated rings. The first-order chi connectivity index (χ1) is 20.0. The summed E-state index contributed by atoms with van der Waals surface area (Å²) >= 11 is 0. The van der Waals surface area contributed by atoms with Gasteiger partial charge in [-0.25, -0.2) is 19.5 Å². The van der Waals surface area contributed by atoms with Gasteiger partial charge in [-0.1, -0.05) is 48.5 Å². The van der Waals surface area contributed by atoms with Crippen LogP contribution in [0.5, 0.6) is 0 Å². The maximum atomic E-state index is 15.3. The third-order valence-corrected chi connectivity index (χ3v) is 6.92. The van der Waals surface area contributed by atoms with Crippen molar-refractivity contribution in [2.24, 2.45) is 4.99 Å². The third kappa shape index (κ3) is 4.67. The van der Waals surface area contributed by atoms with E-state index in [9.17, 15) is 9.59 Å². The summed E-state index contributed by atoms with van der Waals surface area (Å²) in [5, 5.41) is 13.2. The summed E-state index contributed by atoms with van der Waals surface area (Å²) < 4.78 is 16.7. The van der Waals surface area contributed by atoms with E-state index in [0.717, 1.165) is 24.0 Å². The van der Waals surface area contributed by atoms with Crippen LogP contribution in [0.25, 0.3) is 16.9 Å². The molecule has 0 saturated heterocycles. The lowest BCUT2D eigenvalue weighted by Crippen LogP contribution is -2.42. The van der Waals surface area contributed by atoms with Crippen LogP contribution in [-0.2, 0) is 4.79 Å². The van der Waals surface area contributed by atoms with Crippen molar-refractivity contribution >= 4 is 34.7 Å². The van der Waals surface area contributed by atoms with Crippen LogP contribution >= 0.6 is 0 Å². The number of amides is 2. The molecule has 3 aromatic heterocycles. The Labute approximate surface area is 233 Å². The molecule has 11 heteroatoms. The van der Waals surface area contributed by atoms with Crippen LogP contribution in [-0.4, -0.2) is 49.3 Å². The molecule has 2 aromatic carbocycles. The minimum Gasteiger partial charge on any atom is -0.367 e. The van der Waals surface area contributed by atoms with E-state index >= 15 is 4.39 Å². The Morgan fingerprint density at radius 1 is 0.976 bits per heavy atom. The summed E-state index contributed by atoms with van der Waals surface area (Å²) in [7, 11) is 0. The summed E-state index contributed by atoms with van der Waals surface area (Å²) in [4.78, 5) is 40.2. The topological polar surface area (TPSA) is 126 Å². The van der Waals surface area contributed by atoms with Gasteiger partial charge in [0, 0.05) is 29.6 Å². The lowest BCUT2D eigenvalue weighted by atomic mass is 10.0. The average Bonchev–Trinajstić information content (AvgIpc) is 3.74. The molecule has 1 saturated carbocycles. The van der Waals surface area contributed by atoms with Crippen LogP contribution in [0, 0.1) is 5.95 Å². The van der Waals surface area contributed by atoms with E-state index in [2.05, 4.69) is 31.0 Å². The molecular weight excluding hydrogens is 523 g/mol. The van der Waals surface area contributed by atoms with E-state index in [1.165, 1.54) is 16.8 Å². The number of hydrogen-bond donors (Lipinski definition) is 3. The Morgan fingerprint density at radius 3 is 2.59 bits per heavy atom. The van der Waals surface area contributed by atoms with Crippen LogP contribution in [0.2, 0.25) is 0 Å². The van der Waals surface area contributed by atoms with Crippen molar-refractivity contribution in [3.63, 3.8) is 0 Å². The number of benzodiazepines with no additional fused rings is 1. The van der Waals surface area contributed by atoms with Gasteiger partial charge in [-0.15, -0.1) is 0 Å². The number of rotatable bonds is 6. The molecule has 10 nitrogen and oxygen atoms in total. The van der Waals surface area contributed by atoms with Crippen LogP contribution in [0.4, 0.5) is 15.9 Å². The van der Waals surface area contributed by atoms with Crippen molar-refractivity contribution < 1.29 is 14.0 Å². The molecule has 2 aliphatic rings. The van der Waals surface area contributed by atoms with E-state index in [1.807, 2.05) is 48.5 Å². The quantitative estimate of drug-likeness (QED) is 0.276. The first-order valence-electron chi connectivity index (χ1n) is 13.2. The zero-order valence-corrected chi connectivity index (χ0v) is 21.6. The van der Waals surface area contributed by atoms with E-state index in [4.69, 9.17) is 4.99 Å². The number of pyridine rings is 1. The number of anilines is 2. The fourth-order valence-electron chi connectivity index (χ4n) is 4.79. The number of halogens is 1. The molecule has 0 spiro atoms. The molecular formula is C30H23FN8O2. The number of nitrogens with one attached hydrogen (secondary N) is 3. The summed E-state index contributed by atoms with van der Waals surface area (Å²) in [6.07, 6.45) is 3.86. The fraction of sp³-hybridized carbons (Fsp3) is 0.133. The van der Waals surface area contributed by atoms with Crippen molar-refractivity contribution in [1.82, 2.24) is 24.9 Å². The largest absolute Gasteiger partial charge is 0.367 e. The Bertz CT molecular complexity index is 1850. The van der Waals surface area contributed by atoms with Gasteiger partial charge in [0.15, 0.2) is 5.65 Å². The molecule has 0 bridgehead atoms. The standard InChI is InChI=1S/C30H23FN8O2/c31-26-20(13-14-22(35-26)33-18-11-12-18)25-23(28-32-15-6-16-39(28)38-25)29(40)37-27-30(41)34-21-10-5-4-9-19(21)24(36-27)17-7-2-1-3-8-17/h1-10,13-16,18,27H,11-12H2,(H,33,35)(H,34,41)(H,37,40). The predicted octanol–water partition coefficient (Wildman–Crippen LogP) is 4.05. The summed E-state index contributed by atoms with van der Waals surface area (Å²) in [6.45, 7) is 0. The van der Waals surface area contributed by atoms with E-state index in [1.54, 1.807) is 24.4 Å².